The van der Waals surface area contributed by atoms with Crippen LogP contribution in [0.1, 0.15) is 20.8 Å². The van der Waals surface area contributed by atoms with Crippen molar-refractivity contribution >= 4 is 28.8 Å². The van der Waals surface area contributed by atoms with Gasteiger partial charge in [0.05, 0.1) is 12.2 Å². The number of nitrogens with zero attached hydrogens (tertiary/aromatic N) is 1. The topological polar surface area (TPSA) is 58.6 Å². The Morgan fingerprint density at radius 3 is 2.95 bits per heavy atom. The summed E-state index contributed by atoms with van der Waals surface area (Å²) >= 11 is 1.65. The van der Waals surface area contributed by atoms with Gasteiger partial charge in [-0.1, -0.05) is 0 Å². The molecule has 0 atom stereocenters. The minimum Gasteiger partial charge on any atom is -0.482 e. The lowest BCUT2D eigenvalue weighted by atomic mass is 10.1. The fourth-order valence-electron chi connectivity index (χ4n) is 2.28. The number of aryl methyl sites for hydroxylation is 1. The molecule has 0 saturated carbocycles. The zero-order valence-corrected chi connectivity index (χ0v) is 13.2. The summed E-state index contributed by atoms with van der Waals surface area (Å²) in [5.74, 6) is 0.277. The van der Waals surface area contributed by atoms with E-state index in [0.717, 1.165) is 0 Å². The molecule has 22 heavy (non-hydrogen) atoms. The SMILES string of the molecule is Cc1ccsc1CN(C)C(=O)c1ccc2c(c1)OCC(=O)N2. The van der Waals surface area contributed by atoms with E-state index in [1.807, 2.05) is 18.4 Å². The molecule has 0 unspecified atom stereocenters. The maximum Gasteiger partial charge on any atom is 0.262 e. The van der Waals surface area contributed by atoms with Crippen molar-refractivity contribution in [2.45, 2.75) is 13.5 Å². The average Bonchev–Trinajstić information content (AvgIpc) is 2.91. The Labute approximate surface area is 132 Å². The van der Waals surface area contributed by atoms with Crippen LogP contribution in [0, 0.1) is 6.92 Å². The lowest BCUT2D eigenvalue weighted by Crippen LogP contribution is -2.28. The van der Waals surface area contributed by atoms with Crippen molar-refractivity contribution in [3.8, 4) is 5.75 Å². The van der Waals surface area contributed by atoms with Crippen molar-refractivity contribution < 1.29 is 14.3 Å². The van der Waals surface area contributed by atoms with Crippen LogP contribution < -0.4 is 10.1 Å². The van der Waals surface area contributed by atoms with E-state index in [1.54, 1.807) is 41.5 Å². The summed E-state index contributed by atoms with van der Waals surface area (Å²) in [6.45, 7) is 2.60. The summed E-state index contributed by atoms with van der Waals surface area (Å²) in [7, 11) is 1.78. The van der Waals surface area contributed by atoms with Crippen molar-refractivity contribution in [3.63, 3.8) is 0 Å². The first-order valence-electron chi connectivity index (χ1n) is 6.90. The van der Waals surface area contributed by atoms with E-state index >= 15 is 0 Å². The van der Waals surface area contributed by atoms with E-state index < -0.39 is 0 Å². The van der Waals surface area contributed by atoms with Crippen molar-refractivity contribution in [3.05, 3.63) is 45.6 Å². The number of carbonyl (C=O) groups excluding carboxylic acids is 2. The average molecular weight is 316 g/mol. The van der Waals surface area contributed by atoms with Gasteiger partial charge in [0, 0.05) is 17.5 Å². The second-order valence-corrected chi connectivity index (χ2v) is 6.24. The second-order valence-electron chi connectivity index (χ2n) is 5.24. The minimum absolute atomic E-state index is 0.0190. The van der Waals surface area contributed by atoms with Crippen LogP contribution in [0.5, 0.6) is 5.75 Å². The highest BCUT2D eigenvalue weighted by atomic mass is 32.1. The van der Waals surface area contributed by atoms with Crippen molar-refractivity contribution in [2.75, 3.05) is 19.0 Å². The fourth-order valence-corrected chi connectivity index (χ4v) is 3.24. The van der Waals surface area contributed by atoms with Gasteiger partial charge in [-0.3, -0.25) is 9.59 Å². The monoisotopic (exact) mass is 316 g/mol. The molecule has 0 bridgehead atoms. The first kappa shape index (κ1) is 14.6. The summed E-state index contributed by atoms with van der Waals surface area (Å²) in [6, 6.07) is 7.13. The number of fused-ring (bicyclic) bond motifs is 1. The summed E-state index contributed by atoms with van der Waals surface area (Å²) < 4.78 is 5.35. The van der Waals surface area contributed by atoms with Crippen LogP contribution >= 0.6 is 11.3 Å². The third-order valence-corrected chi connectivity index (χ3v) is 4.56. The van der Waals surface area contributed by atoms with E-state index in [-0.39, 0.29) is 18.4 Å². The number of rotatable bonds is 3. The molecule has 5 nitrogen and oxygen atoms in total. The Kier molecular flexibility index (Phi) is 3.85. The highest BCUT2D eigenvalue weighted by Crippen LogP contribution is 2.29. The van der Waals surface area contributed by atoms with E-state index in [2.05, 4.69) is 5.32 Å². The van der Waals surface area contributed by atoms with Crippen LogP contribution in [0.15, 0.2) is 29.6 Å². The number of hydrogen-bond donors (Lipinski definition) is 1. The normalized spacial score (nSPS) is 13.1. The summed E-state index contributed by atoms with van der Waals surface area (Å²) in [6.07, 6.45) is 0. The third-order valence-electron chi connectivity index (χ3n) is 3.56. The summed E-state index contributed by atoms with van der Waals surface area (Å²) in [5, 5.41) is 4.74. The summed E-state index contributed by atoms with van der Waals surface area (Å²) in [5.41, 5.74) is 2.34. The zero-order chi connectivity index (χ0) is 15.7. The minimum atomic E-state index is -0.183. The Balaban J connectivity index is 1.77. The lowest BCUT2D eigenvalue weighted by molar-refractivity contribution is -0.118. The molecule has 1 aromatic carbocycles. The molecular weight excluding hydrogens is 300 g/mol. The number of anilines is 1. The molecule has 1 aliphatic heterocycles. The number of amides is 2. The van der Waals surface area contributed by atoms with Gasteiger partial charge in [-0.15, -0.1) is 11.3 Å². The maximum atomic E-state index is 12.5. The third kappa shape index (κ3) is 2.82. The van der Waals surface area contributed by atoms with Gasteiger partial charge in [-0.05, 0) is 42.1 Å². The Morgan fingerprint density at radius 2 is 2.23 bits per heavy atom. The molecule has 0 radical (unpaired) electrons. The molecule has 0 spiro atoms. The second kappa shape index (κ2) is 5.81. The van der Waals surface area contributed by atoms with Gasteiger partial charge in [0.2, 0.25) is 0 Å². The first-order valence-corrected chi connectivity index (χ1v) is 7.77. The molecule has 6 heteroatoms. The summed E-state index contributed by atoms with van der Waals surface area (Å²) in [4.78, 5) is 26.6. The smallest absolute Gasteiger partial charge is 0.262 e. The predicted molar refractivity (Wildman–Crippen MR) is 85.4 cm³/mol. The van der Waals surface area contributed by atoms with Crippen LogP contribution in [0.4, 0.5) is 5.69 Å². The van der Waals surface area contributed by atoms with Gasteiger partial charge in [0.25, 0.3) is 11.8 Å². The Morgan fingerprint density at radius 1 is 1.41 bits per heavy atom. The van der Waals surface area contributed by atoms with E-state index in [1.165, 1.54) is 10.4 Å². The van der Waals surface area contributed by atoms with Crippen LogP contribution in [0.2, 0.25) is 0 Å². The number of thiophene rings is 1. The lowest BCUT2D eigenvalue weighted by Gasteiger charge is -2.20. The van der Waals surface area contributed by atoms with Gasteiger partial charge in [-0.25, -0.2) is 0 Å². The quantitative estimate of drug-likeness (QED) is 0.947. The van der Waals surface area contributed by atoms with E-state index in [9.17, 15) is 9.59 Å². The molecule has 2 heterocycles. The van der Waals surface area contributed by atoms with Gasteiger partial charge >= 0.3 is 0 Å². The fraction of sp³-hybridized carbons (Fsp3) is 0.250. The molecule has 114 valence electrons. The van der Waals surface area contributed by atoms with Crippen LogP contribution in [-0.2, 0) is 11.3 Å². The van der Waals surface area contributed by atoms with Crippen molar-refractivity contribution in [1.29, 1.82) is 0 Å². The standard InChI is InChI=1S/C16H16N2O3S/c1-10-5-6-22-14(10)8-18(2)16(20)11-3-4-12-13(7-11)21-9-15(19)17-12/h3-7H,8-9H2,1-2H3,(H,17,19). The number of benzene rings is 1. The highest BCUT2D eigenvalue weighted by Gasteiger charge is 2.19. The molecular formula is C16H16N2O3S. The highest BCUT2D eigenvalue weighted by molar-refractivity contribution is 7.10. The van der Waals surface area contributed by atoms with E-state index in [4.69, 9.17) is 4.74 Å². The van der Waals surface area contributed by atoms with Gasteiger partial charge in [0.1, 0.15) is 5.75 Å². The predicted octanol–water partition coefficient (Wildman–Crippen LogP) is 2.66. The first-order chi connectivity index (χ1) is 10.5. The number of hydrogen-bond acceptors (Lipinski definition) is 4. The Bertz CT molecular complexity index is 739. The molecule has 2 amide bonds. The molecule has 1 N–H and O–H groups in total. The van der Waals surface area contributed by atoms with Crippen molar-refractivity contribution in [1.82, 2.24) is 4.90 Å². The molecule has 1 aliphatic rings. The van der Waals surface area contributed by atoms with Crippen LogP contribution in [0.25, 0.3) is 0 Å². The Hall–Kier alpha value is -2.34. The van der Waals surface area contributed by atoms with Gasteiger partial charge in [0.15, 0.2) is 6.61 Å². The van der Waals surface area contributed by atoms with Crippen molar-refractivity contribution in [2.24, 2.45) is 0 Å². The molecule has 0 fully saturated rings. The maximum absolute atomic E-state index is 12.5. The van der Waals surface area contributed by atoms with Gasteiger partial charge in [-0.2, -0.15) is 0 Å². The molecule has 0 aliphatic carbocycles. The van der Waals surface area contributed by atoms with Crippen LogP contribution in [-0.4, -0.2) is 30.4 Å². The molecule has 2 aromatic rings. The van der Waals surface area contributed by atoms with Crippen LogP contribution in [0.3, 0.4) is 0 Å². The largest absolute Gasteiger partial charge is 0.482 e. The zero-order valence-electron chi connectivity index (χ0n) is 12.4. The van der Waals surface area contributed by atoms with Gasteiger partial charge < -0.3 is 15.0 Å². The number of nitrogens with one attached hydrogen (secondary N) is 1. The number of ether oxygens (including phenoxy) is 1. The number of carbonyl (C=O) groups is 2. The molecule has 3 rings (SSSR count). The molecule has 1 aromatic heterocycles. The molecule has 0 saturated heterocycles. The van der Waals surface area contributed by atoms with E-state index in [0.29, 0.717) is 23.5 Å².